The van der Waals surface area contributed by atoms with Gasteiger partial charge in [0, 0.05) is 28.9 Å². The van der Waals surface area contributed by atoms with Crippen LogP contribution in [0.25, 0.3) is 0 Å². The highest BCUT2D eigenvalue weighted by molar-refractivity contribution is 6.30. The molecule has 0 amide bonds. The number of nitrogens with zero attached hydrogens (tertiary/aromatic N) is 2. The highest BCUT2D eigenvalue weighted by Crippen LogP contribution is 2.12. The first-order valence-corrected chi connectivity index (χ1v) is 9.68. The molecule has 3 N–H and O–H groups in total. The number of nitrogens with two attached hydrogens (primary N) is 1. The fraction of sp³-hybridized carbons (Fsp3) is 0.217. The smallest absolute Gasteiger partial charge is 0.125 e. The van der Waals surface area contributed by atoms with E-state index in [1.54, 1.807) is 12.4 Å². The van der Waals surface area contributed by atoms with Crippen LogP contribution in [-0.2, 0) is 13.0 Å². The molecule has 0 aliphatic carbocycles. The van der Waals surface area contributed by atoms with E-state index in [1.807, 2.05) is 63.4 Å². The van der Waals surface area contributed by atoms with Crippen molar-refractivity contribution in [3.05, 3.63) is 101 Å². The molecular weight excluding hydrogens is 368 g/mol. The Labute approximate surface area is 173 Å². The van der Waals surface area contributed by atoms with Gasteiger partial charge in [-0.3, -0.25) is 4.99 Å². The molecule has 1 aromatic heterocycles. The van der Waals surface area contributed by atoms with E-state index in [4.69, 9.17) is 17.3 Å². The Morgan fingerprint density at radius 1 is 1.11 bits per heavy atom. The lowest BCUT2D eigenvalue weighted by Crippen LogP contribution is -2.13. The summed E-state index contributed by atoms with van der Waals surface area (Å²) in [6.07, 6.45) is 6.09. The number of aromatic nitrogens is 2. The van der Waals surface area contributed by atoms with E-state index in [1.165, 1.54) is 5.56 Å². The maximum Gasteiger partial charge on any atom is 0.125 e. The maximum absolute atomic E-state index is 6.07. The number of amidine groups is 1. The summed E-state index contributed by atoms with van der Waals surface area (Å²) in [7, 11) is 0. The Morgan fingerprint density at radius 2 is 1.68 bits per heavy atom. The zero-order chi connectivity index (χ0) is 20.8. The summed E-state index contributed by atoms with van der Waals surface area (Å²) in [6, 6.07) is 15.7. The van der Waals surface area contributed by atoms with Crippen molar-refractivity contribution in [2.24, 2.45) is 10.7 Å². The molecule has 3 aromatic rings. The molecule has 0 spiro atoms. The number of rotatable bonds is 5. The molecule has 0 aliphatic heterocycles. The van der Waals surface area contributed by atoms with Crippen LogP contribution < -0.4 is 5.73 Å². The third-order valence-electron chi connectivity index (χ3n) is 3.54. The largest absolute Gasteiger partial charge is 0.383 e. The Kier molecular flexibility index (Phi) is 11.0. The lowest BCUT2D eigenvalue weighted by Gasteiger charge is -2.04. The SMILES string of the molecule is C=CC.CC.NC(=NCc1ccc(Cl)cc1)c1ccc(Cc2cnc[nH]2)cc1. The van der Waals surface area contributed by atoms with Gasteiger partial charge in [0.1, 0.15) is 5.84 Å². The van der Waals surface area contributed by atoms with Gasteiger partial charge in [0.05, 0.1) is 12.9 Å². The molecule has 0 saturated carbocycles. The molecule has 28 heavy (non-hydrogen) atoms. The molecule has 0 fully saturated rings. The zero-order valence-corrected chi connectivity index (χ0v) is 17.6. The molecule has 0 aliphatic rings. The predicted octanol–water partition coefficient (Wildman–Crippen LogP) is 5.78. The van der Waals surface area contributed by atoms with E-state index in [0.717, 1.165) is 28.3 Å². The van der Waals surface area contributed by atoms with Crippen LogP contribution in [0.3, 0.4) is 0 Å². The second kappa shape index (κ2) is 13.3. The summed E-state index contributed by atoms with van der Waals surface area (Å²) in [6.45, 7) is 9.79. The van der Waals surface area contributed by atoms with Crippen LogP contribution in [0, 0.1) is 0 Å². The molecule has 0 unspecified atom stereocenters. The number of hydrogen-bond acceptors (Lipinski definition) is 2. The lowest BCUT2D eigenvalue weighted by molar-refractivity contribution is 1.06. The average molecular weight is 397 g/mol. The molecule has 148 valence electrons. The van der Waals surface area contributed by atoms with Gasteiger partial charge < -0.3 is 10.7 Å². The van der Waals surface area contributed by atoms with Crippen molar-refractivity contribution in [1.82, 2.24) is 9.97 Å². The van der Waals surface area contributed by atoms with Gasteiger partial charge in [-0.15, -0.1) is 6.58 Å². The topological polar surface area (TPSA) is 67.1 Å². The molecule has 0 atom stereocenters. The summed E-state index contributed by atoms with van der Waals surface area (Å²) in [5.74, 6) is 0.535. The van der Waals surface area contributed by atoms with Crippen LogP contribution in [0.5, 0.6) is 0 Å². The first-order valence-electron chi connectivity index (χ1n) is 9.30. The van der Waals surface area contributed by atoms with E-state index in [9.17, 15) is 0 Å². The lowest BCUT2D eigenvalue weighted by atomic mass is 10.1. The second-order valence-corrected chi connectivity index (χ2v) is 6.12. The fourth-order valence-electron chi connectivity index (χ4n) is 2.25. The Morgan fingerprint density at radius 3 is 2.21 bits per heavy atom. The van der Waals surface area contributed by atoms with Gasteiger partial charge in [0.2, 0.25) is 0 Å². The summed E-state index contributed by atoms with van der Waals surface area (Å²) in [5, 5.41) is 0.721. The third-order valence-corrected chi connectivity index (χ3v) is 3.80. The number of benzene rings is 2. The highest BCUT2D eigenvalue weighted by atomic mass is 35.5. The maximum atomic E-state index is 6.07. The molecule has 0 bridgehead atoms. The normalized spacial score (nSPS) is 10.2. The van der Waals surface area contributed by atoms with Gasteiger partial charge in [0.15, 0.2) is 0 Å². The number of aromatic amines is 1. The van der Waals surface area contributed by atoms with Crippen LogP contribution >= 0.6 is 11.6 Å². The highest BCUT2D eigenvalue weighted by Gasteiger charge is 2.01. The molecule has 0 saturated heterocycles. The Balaban J connectivity index is 0.000000717. The van der Waals surface area contributed by atoms with E-state index < -0.39 is 0 Å². The fourth-order valence-corrected chi connectivity index (χ4v) is 2.38. The average Bonchev–Trinajstić information content (AvgIpc) is 3.23. The summed E-state index contributed by atoms with van der Waals surface area (Å²) in [5.41, 5.74) is 10.4. The van der Waals surface area contributed by atoms with Crippen molar-refractivity contribution >= 4 is 17.4 Å². The van der Waals surface area contributed by atoms with Crippen LogP contribution in [0.15, 0.2) is 78.7 Å². The van der Waals surface area contributed by atoms with E-state index in [2.05, 4.69) is 33.7 Å². The Bertz CT molecular complexity index is 820. The number of halogens is 1. The molecule has 0 radical (unpaired) electrons. The van der Waals surface area contributed by atoms with Crippen molar-refractivity contribution in [2.45, 2.75) is 33.7 Å². The van der Waals surface area contributed by atoms with Gasteiger partial charge in [-0.2, -0.15) is 0 Å². The molecule has 5 heteroatoms. The van der Waals surface area contributed by atoms with Gasteiger partial charge in [0.25, 0.3) is 0 Å². The van der Waals surface area contributed by atoms with Crippen molar-refractivity contribution in [3.8, 4) is 0 Å². The first-order chi connectivity index (χ1) is 13.6. The van der Waals surface area contributed by atoms with E-state index in [0.29, 0.717) is 12.4 Å². The first kappa shape index (κ1) is 23.2. The number of hydrogen-bond donors (Lipinski definition) is 2. The summed E-state index contributed by atoms with van der Waals surface area (Å²) < 4.78 is 0. The molecule has 4 nitrogen and oxygen atoms in total. The molecule has 3 rings (SSSR count). The zero-order valence-electron chi connectivity index (χ0n) is 16.8. The van der Waals surface area contributed by atoms with Gasteiger partial charge >= 0.3 is 0 Å². The predicted molar refractivity (Wildman–Crippen MR) is 121 cm³/mol. The van der Waals surface area contributed by atoms with Crippen LogP contribution in [0.4, 0.5) is 0 Å². The standard InChI is InChI=1S/C18H17ClN4.C3H6.C2H6/c19-16-7-3-14(4-8-16)10-22-18(20)15-5-1-13(2-6-15)9-17-11-21-12-23-17;1-3-2;1-2/h1-8,11-12H,9-10H2,(H2,20,22)(H,21,23);3H,1H2,2H3;1-2H3. The van der Waals surface area contributed by atoms with Crippen LogP contribution in [0.2, 0.25) is 5.02 Å². The van der Waals surface area contributed by atoms with Crippen molar-refractivity contribution < 1.29 is 0 Å². The van der Waals surface area contributed by atoms with E-state index >= 15 is 0 Å². The number of H-pyrrole nitrogens is 1. The second-order valence-electron chi connectivity index (χ2n) is 5.69. The minimum atomic E-state index is 0.535. The van der Waals surface area contributed by atoms with Gasteiger partial charge in [-0.25, -0.2) is 4.98 Å². The van der Waals surface area contributed by atoms with Crippen molar-refractivity contribution in [1.29, 1.82) is 0 Å². The Hall–Kier alpha value is -2.85. The summed E-state index contributed by atoms with van der Waals surface area (Å²) in [4.78, 5) is 11.6. The van der Waals surface area contributed by atoms with Gasteiger partial charge in [-0.05, 0) is 30.2 Å². The molecular formula is C23H29ClN4. The quantitative estimate of drug-likeness (QED) is 0.326. The van der Waals surface area contributed by atoms with Crippen LogP contribution in [0.1, 0.15) is 43.2 Å². The third kappa shape index (κ3) is 8.23. The van der Waals surface area contributed by atoms with Crippen LogP contribution in [-0.4, -0.2) is 15.8 Å². The summed E-state index contributed by atoms with van der Waals surface area (Å²) >= 11 is 5.87. The number of nitrogens with one attached hydrogen (secondary N) is 1. The van der Waals surface area contributed by atoms with E-state index in [-0.39, 0.29) is 0 Å². The molecule has 1 heterocycles. The van der Waals surface area contributed by atoms with Gasteiger partial charge in [-0.1, -0.05) is 67.9 Å². The van der Waals surface area contributed by atoms with Crippen molar-refractivity contribution in [3.63, 3.8) is 0 Å². The number of imidazole rings is 1. The minimum absolute atomic E-state index is 0.535. The minimum Gasteiger partial charge on any atom is -0.383 e. The van der Waals surface area contributed by atoms with Crippen molar-refractivity contribution in [2.75, 3.05) is 0 Å². The molecule has 2 aromatic carbocycles. The monoisotopic (exact) mass is 396 g/mol. The number of aliphatic imine (C=N–C) groups is 1. The number of allylic oxidation sites excluding steroid dienone is 1.